The van der Waals surface area contributed by atoms with Crippen LogP contribution in [-0.4, -0.2) is 39.4 Å². The zero-order chi connectivity index (χ0) is 19.6. The van der Waals surface area contributed by atoms with Crippen molar-refractivity contribution in [3.63, 3.8) is 0 Å². The summed E-state index contributed by atoms with van der Waals surface area (Å²) in [5.74, 6) is 0.508. The van der Waals surface area contributed by atoms with E-state index in [2.05, 4.69) is 6.92 Å². The van der Waals surface area contributed by atoms with Crippen molar-refractivity contribution in [3.05, 3.63) is 59.1 Å². The molecule has 7 heteroatoms. The summed E-state index contributed by atoms with van der Waals surface area (Å²) in [4.78, 5) is 14.7. The highest BCUT2D eigenvalue weighted by Crippen LogP contribution is 2.24. The Bertz CT molecular complexity index is 911. The fourth-order valence-corrected chi connectivity index (χ4v) is 4.60. The molecule has 0 N–H and O–H groups in total. The Morgan fingerprint density at radius 3 is 2.33 bits per heavy atom. The second kappa shape index (κ2) is 7.90. The molecule has 144 valence electrons. The first-order chi connectivity index (χ1) is 12.8. The number of hydrogen-bond acceptors (Lipinski definition) is 3. The van der Waals surface area contributed by atoms with Crippen molar-refractivity contribution in [1.29, 1.82) is 0 Å². The van der Waals surface area contributed by atoms with Crippen LogP contribution in [0.2, 0.25) is 5.02 Å². The summed E-state index contributed by atoms with van der Waals surface area (Å²) in [7, 11) is -2.20. The van der Waals surface area contributed by atoms with Crippen LogP contribution in [0.5, 0.6) is 0 Å². The first-order valence-electron chi connectivity index (χ1n) is 8.93. The fraction of sp³-hybridized carbons (Fsp3) is 0.350. The van der Waals surface area contributed by atoms with Gasteiger partial charge in [-0.1, -0.05) is 18.5 Å². The van der Waals surface area contributed by atoms with Gasteiger partial charge in [0.25, 0.3) is 15.9 Å². The van der Waals surface area contributed by atoms with Crippen molar-refractivity contribution in [3.8, 4) is 0 Å². The third-order valence-electron chi connectivity index (χ3n) is 4.89. The molecule has 2 aromatic carbocycles. The van der Waals surface area contributed by atoms with Crippen LogP contribution < -0.4 is 4.31 Å². The Hall–Kier alpha value is -2.05. The molecule has 27 heavy (non-hydrogen) atoms. The molecule has 3 rings (SSSR count). The van der Waals surface area contributed by atoms with Crippen LogP contribution in [0.1, 0.15) is 30.1 Å². The van der Waals surface area contributed by atoms with Gasteiger partial charge in [0, 0.05) is 30.7 Å². The van der Waals surface area contributed by atoms with E-state index in [1.807, 2.05) is 4.90 Å². The Morgan fingerprint density at radius 1 is 1.11 bits per heavy atom. The number of likely N-dealkylation sites (tertiary alicyclic amines) is 1. The van der Waals surface area contributed by atoms with Gasteiger partial charge >= 0.3 is 0 Å². The quantitative estimate of drug-likeness (QED) is 0.769. The number of hydrogen-bond donors (Lipinski definition) is 0. The largest absolute Gasteiger partial charge is 0.338 e. The minimum Gasteiger partial charge on any atom is -0.338 e. The van der Waals surface area contributed by atoms with Crippen LogP contribution in [-0.2, 0) is 10.0 Å². The third-order valence-corrected chi connectivity index (χ3v) is 6.95. The van der Waals surface area contributed by atoms with E-state index in [1.54, 1.807) is 36.4 Å². The summed E-state index contributed by atoms with van der Waals surface area (Å²) in [6.07, 6.45) is 2.17. The van der Waals surface area contributed by atoms with Crippen LogP contribution >= 0.6 is 11.6 Å². The Kier molecular flexibility index (Phi) is 5.77. The molecule has 1 aliphatic rings. The molecule has 0 spiro atoms. The molecule has 2 aromatic rings. The number of nitrogens with zero attached hydrogens (tertiary/aromatic N) is 2. The molecule has 1 saturated heterocycles. The number of benzene rings is 2. The predicted molar refractivity (Wildman–Crippen MR) is 108 cm³/mol. The number of piperidine rings is 1. The number of rotatable bonds is 4. The van der Waals surface area contributed by atoms with Gasteiger partial charge in [-0.05, 0) is 67.3 Å². The molecule has 1 heterocycles. The summed E-state index contributed by atoms with van der Waals surface area (Å²) < 4.78 is 26.7. The average Bonchev–Trinajstić information content (AvgIpc) is 2.67. The van der Waals surface area contributed by atoms with E-state index in [0.29, 0.717) is 22.2 Å². The van der Waals surface area contributed by atoms with Gasteiger partial charge in [0.15, 0.2) is 0 Å². The Morgan fingerprint density at radius 2 is 1.74 bits per heavy atom. The molecule has 1 amide bonds. The van der Waals surface area contributed by atoms with E-state index in [-0.39, 0.29) is 10.8 Å². The number of carbonyl (C=O) groups is 1. The molecular weight excluding hydrogens is 384 g/mol. The van der Waals surface area contributed by atoms with Crippen LogP contribution in [0.4, 0.5) is 5.69 Å². The van der Waals surface area contributed by atoms with Crippen LogP contribution in [0.3, 0.4) is 0 Å². The highest BCUT2D eigenvalue weighted by atomic mass is 35.5. The van der Waals surface area contributed by atoms with Crippen molar-refractivity contribution in [2.24, 2.45) is 5.92 Å². The zero-order valence-corrected chi connectivity index (χ0v) is 17.0. The monoisotopic (exact) mass is 406 g/mol. The first kappa shape index (κ1) is 19.7. The second-order valence-corrected chi connectivity index (χ2v) is 9.38. The van der Waals surface area contributed by atoms with Gasteiger partial charge in [0.1, 0.15) is 0 Å². The molecule has 1 aliphatic heterocycles. The van der Waals surface area contributed by atoms with Gasteiger partial charge in [0.2, 0.25) is 0 Å². The fourth-order valence-electron chi connectivity index (χ4n) is 3.27. The molecule has 1 fully saturated rings. The highest BCUT2D eigenvalue weighted by molar-refractivity contribution is 7.92. The van der Waals surface area contributed by atoms with E-state index in [1.165, 1.54) is 23.5 Å². The highest BCUT2D eigenvalue weighted by Gasteiger charge is 2.24. The van der Waals surface area contributed by atoms with Gasteiger partial charge in [-0.2, -0.15) is 0 Å². The topological polar surface area (TPSA) is 57.7 Å². The summed E-state index contributed by atoms with van der Waals surface area (Å²) in [6, 6.07) is 12.7. The molecule has 0 aromatic heterocycles. The van der Waals surface area contributed by atoms with E-state index in [4.69, 9.17) is 11.6 Å². The van der Waals surface area contributed by atoms with E-state index in [0.717, 1.165) is 25.9 Å². The maximum absolute atomic E-state index is 12.8. The van der Waals surface area contributed by atoms with E-state index >= 15 is 0 Å². The normalized spacial score (nSPS) is 17.6. The lowest BCUT2D eigenvalue weighted by Crippen LogP contribution is -2.39. The van der Waals surface area contributed by atoms with Crippen LogP contribution in [0.15, 0.2) is 53.4 Å². The van der Waals surface area contributed by atoms with Gasteiger partial charge < -0.3 is 4.90 Å². The minimum atomic E-state index is -3.69. The zero-order valence-electron chi connectivity index (χ0n) is 15.4. The molecule has 0 saturated carbocycles. The Balaban J connectivity index is 1.78. The predicted octanol–water partition coefficient (Wildman–Crippen LogP) is 4.04. The molecule has 1 unspecified atom stereocenters. The van der Waals surface area contributed by atoms with Crippen molar-refractivity contribution < 1.29 is 13.2 Å². The number of halogens is 1. The minimum absolute atomic E-state index is 0.00342. The van der Waals surface area contributed by atoms with E-state index in [9.17, 15) is 13.2 Å². The lowest BCUT2D eigenvalue weighted by Gasteiger charge is -2.31. The summed E-state index contributed by atoms with van der Waals surface area (Å²) in [6.45, 7) is 3.69. The van der Waals surface area contributed by atoms with Gasteiger partial charge in [-0.3, -0.25) is 9.10 Å². The second-order valence-electron chi connectivity index (χ2n) is 6.97. The number of sulfonamides is 1. The van der Waals surface area contributed by atoms with Crippen molar-refractivity contribution >= 4 is 33.2 Å². The van der Waals surface area contributed by atoms with Crippen LogP contribution in [0, 0.1) is 5.92 Å². The van der Waals surface area contributed by atoms with Gasteiger partial charge in [-0.25, -0.2) is 8.42 Å². The first-order valence-corrected chi connectivity index (χ1v) is 10.7. The maximum atomic E-state index is 12.8. The van der Waals surface area contributed by atoms with Gasteiger partial charge in [-0.15, -0.1) is 0 Å². The molecule has 5 nitrogen and oxygen atoms in total. The van der Waals surface area contributed by atoms with E-state index < -0.39 is 10.0 Å². The smallest absolute Gasteiger partial charge is 0.264 e. The third kappa shape index (κ3) is 4.28. The standard InChI is InChI=1S/C20H23ClN2O3S/c1-15-4-3-13-23(14-15)20(24)16-5-9-18(10-6-16)22(2)27(25,26)19-11-7-17(21)8-12-19/h5-12,15H,3-4,13-14H2,1-2H3. The summed E-state index contributed by atoms with van der Waals surface area (Å²) >= 11 is 5.83. The molecule has 0 radical (unpaired) electrons. The average molecular weight is 407 g/mol. The van der Waals surface area contributed by atoms with Crippen molar-refractivity contribution in [1.82, 2.24) is 4.90 Å². The van der Waals surface area contributed by atoms with Crippen molar-refractivity contribution in [2.45, 2.75) is 24.7 Å². The number of carbonyl (C=O) groups excluding carboxylic acids is 1. The SMILES string of the molecule is CC1CCCN(C(=O)c2ccc(N(C)S(=O)(=O)c3ccc(Cl)cc3)cc2)C1. The van der Waals surface area contributed by atoms with Gasteiger partial charge in [0.05, 0.1) is 10.6 Å². The molecule has 0 aliphatic carbocycles. The maximum Gasteiger partial charge on any atom is 0.264 e. The van der Waals surface area contributed by atoms with Crippen molar-refractivity contribution in [2.75, 3.05) is 24.4 Å². The Labute approximate surface area is 165 Å². The number of anilines is 1. The molecule has 0 bridgehead atoms. The molecular formula is C20H23ClN2O3S. The summed E-state index contributed by atoms with van der Waals surface area (Å²) in [5, 5.41) is 0.478. The van der Waals surface area contributed by atoms with Crippen LogP contribution in [0.25, 0.3) is 0 Å². The molecule has 1 atom stereocenters. The number of amides is 1. The lowest BCUT2D eigenvalue weighted by atomic mass is 9.99. The summed E-state index contributed by atoms with van der Waals surface area (Å²) in [5.41, 5.74) is 1.07. The lowest BCUT2D eigenvalue weighted by molar-refractivity contribution is 0.0683.